The molecule has 1 unspecified atom stereocenters. The zero-order valence-electron chi connectivity index (χ0n) is 11.3. The molecule has 1 aromatic rings. The molecule has 0 aliphatic rings. The van der Waals surface area contributed by atoms with Crippen LogP contribution in [0.1, 0.15) is 25.3 Å². The van der Waals surface area contributed by atoms with E-state index in [1.807, 2.05) is 26.0 Å². The van der Waals surface area contributed by atoms with E-state index in [0.717, 1.165) is 11.3 Å². The Morgan fingerprint density at radius 2 is 2.00 bits per heavy atom. The molecule has 0 saturated heterocycles. The molecule has 0 aliphatic heterocycles. The van der Waals surface area contributed by atoms with Gasteiger partial charge in [0.15, 0.2) is 0 Å². The molecular formula is C14H21FOSi. The van der Waals surface area contributed by atoms with Crippen LogP contribution in [0.25, 0.3) is 0 Å². The smallest absolute Gasteiger partial charge is 0.241 e. The third kappa shape index (κ3) is 5.17. The Kier molecular flexibility index (Phi) is 4.51. The van der Waals surface area contributed by atoms with Crippen molar-refractivity contribution >= 4 is 8.32 Å². The van der Waals surface area contributed by atoms with Crippen LogP contribution in [0.4, 0.5) is 4.39 Å². The van der Waals surface area contributed by atoms with Crippen molar-refractivity contribution in [2.45, 2.75) is 39.4 Å². The lowest BCUT2D eigenvalue weighted by molar-refractivity contribution is 0.420. The highest BCUT2D eigenvalue weighted by molar-refractivity contribution is 6.70. The van der Waals surface area contributed by atoms with Crippen LogP contribution >= 0.6 is 0 Å². The Bertz CT molecular complexity index is 407. The van der Waals surface area contributed by atoms with Gasteiger partial charge in [0.1, 0.15) is 5.82 Å². The van der Waals surface area contributed by atoms with E-state index in [9.17, 15) is 4.39 Å². The average molecular weight is 252 g/mol. The summed E-state index contributed by atoms with van der Waals surface area (Å²) in [6.07, 6.45) is 2.05. The van der Waals surface area contributed by atoms with Crippen LogP contribution < -0.4 is 0 Å². The molecule has 0 spiro atoms. The lowest BCUT2D eigenvalue weighted by atomic mass is 10.0. The van der Waals surface area contributed by atoms with Crippen LogP contribution in [-0.4, -0.2) is 8.32 Å². The lowest BCUT2D eigenvalue weighted by Crippen LogP contribution is -2.24. The maximum absolute atomic E-state index is 13.1. The maximum Gasteiger partial charge on any atom is 0.241 e. The number of hydrogen-bond acceptors (Lipinski definition) is 1. The molecule has 1 atom stereocenters. The normalized spacial score (nSPS) is 14.6. The van der Waals surface area contributed by atoms with E-state index in [-0.39, 0.29) is 11.7 Å². The first-order valence-electron chi connectivity index (χ1n) is 5.91. The standard InChI is InChI=1S/C14H21FOSi/c1-11(9-12(2)16-17(3,4)5)13-7-6-8-14(15)10-13/h6-11H,1-5H3/b12-9-. The van der Waals surface area contributed by atoms with Crippen molar-refractivity contribution in [1.29, 1.82) is 0 Å². The summed E-state index contributed by atoms with van der Waals surface area (Å²) in [5, 5.41) is 0. The summed E-state index contributed by atoms with van der Waals surface area (Å²) in [5.74, 6) is 0.912. The largest absolute Gasteiger partial charge is 0.548 e. The van der Waals surface area contributed by atoms with Gasteiger partial charge in [0.2, 0.25) is 8.32 Å². The molecule has 17 heavy (non-hydrogen) atoms. The third-order valence-corrected chi connectivity index (χ3v) is 3.26. The van der Waals surface area contributed by atoms with Gasteiger partial charge < -0.3 is 4.43 Å². The minimum absolute atomic E-state index is 0.169. The molecule has 1 aromatic carbocycles. The van der Waals surface area contributed by atoms with E-state index in [4.69, 9.17) is 4.43 Å². The van der Waals surface area contributed by atoms with Crippen molar-refractivity contribution in [2.75, 3.05) is 0 Å². The number of rotatable bonds is 4. The molecule has 0 N–H and O–H groups in total. The Morgan fingerprint density at radius 1 is 1.35 bits per heavy atom. The summed E-state index contributed by atoms with van der Waals surface area (Å²) in [7, 11) is -1.54. The van der Waals surface area contributed by atoms with Crippen LogP contribution in [-0.2, 0) is 4.43 Å². The summed E-state index contributed by atoms with van der Waals surface area (Å²) < 4.78 is 19.0. The number of allylic oxidation sites excluding steroid dienone is 2. The lowest BCUT2D eigenvalue weighted by Gasteiger charge is -2.20. The van der Waals surface area contributed by atoms with Crippen molar-refractivity contribution in [3.8, 4) is 0 Å². The molecule has 3 heteroatoms. The number of halogens is 1. The first-order chi connectivity index (χ1) is 7.78. The molecule has 0 aliphatic carbocycles. The van der Waals surface area contributed by atoms with Crippen LogP contribution in [0, 0.1) is 5.82 Å². The van der Waals surface area contributed by atoms with Gasteiger partial charge in [-0.3, -0.25) is 0 Å². The van der Waals surface area contributed by atoms with Gasteiger partial charge >= 0.3 is 0 Å². The second-order valence-corrected chi connectivity index (χ2v) is 9.76. The van der Waals surface area contributed by atoms with E-state index in [2.05, 4.69) is 19.6 Å². The molecule has 0 fully saturated rings. The molecule has 0 aromatic heterocycles. The fourth-order valence-corrected chi connectivity index (χ4v) is 2.79. The molecule has 0 saturated carbocycles. The van der Waals surface area contributed by atoms with Gasteiger partial charge in [-0.1, -0.05) is 19.1 Å². The van der Waals surface area contributed by atoms with Crippen LogP contribution in [0.3, 0.4) is 0 Å². The van der Waals surface area contributed by atoms with Crippen molar-refractivity contribution in [3.63, 3.8) is 0 Å². The topological polar surface area (TPSA) is 9.23 Å². The van der Waals surface area contributed by atoms with Crippen molar-refractivity contribution in [1.82, 2.24) is 0 Å². The molecule has 94 valence electrons. The summed E-state index contributed by atoms with van der Waals surface area (Å²) in [4.78, 5) is 0. The molecular weight excluding hydrogens is 231 g/mol. The SMILES string of the molecule is C/C(=C/C(C)c1cccc(F)c1)O[Si](C)(C)C. The summed E-state index contributed by atoms with van der Waals surface area (Å²) >= 11 is 0. The zero-order chi connectivity index (χ0) is 13.1. The Labute approximate surface area is 104 Å². The van der Waals surface area contributed by atoms with Crippen molar-refractivity contribution in [3.05, 3.63) is 47.5 Å². The quantitative estimate of drug-likeness (QED) is 0.558. The minimum atomic E-state index is -1.54. The van der Waals surface area contributed by atoms with Gasteiger partial charge in [-0.25, -0.2) is 4.39 Å². The monoisotopic (exact) mass is 252 g/mol. The summed E-state index contributed by atoms with van der Waals surface area (Å²) in [6.45, 7) is 10.5. The second-order valence-electron chi connectivity index (χ2n) is 5.34. The fourth-order valence-electron chi connectivity index (χ4n) is 1.76. The fraction of sp³-hybridized carbons (Fsp3) is 0.429. The van der Waals surface area contributed by atoms with Gasteiger partial charge in [0, 0.05) is 5.92 Å². The number of hydrogen-bond donors (Lipinski definition) is 0. The van der Waals surface area contributed by atoms with Gasteiger partial charge in [-0.15, -0.1) is 0 Å². The minimum Gasteiger partial charge on any atom is -0.548 e. The van der Waals surface area contributed by atoms with E-state index >= 15 is 0 Å². The predicted molar refractivity (Wildman–Crippen MR) is 73.0 cm³/mol. The molecule has 0 heterocycles. The van der Waals surface area contributed by atoms with Crippen LogP contribution in [0.5, 0.6) is 0 Å². The molecule has 0 amide bonds. The Hall–Kier alpha value is -1.09. The highest BCUT2D eigenvalue weighted by atomic mass is 28.4. The van der Waals surface area contributed by atoms with E-state index in [0.29, 0.717) is 0 Å². The van der Waals surface area contributed by atoms with E-state index < -0.39 is 8.32 Å². The molecule has 1 rings (SSSR count). The van der Waals surface area contributed by atoms with Crippen LogP contribution in [0.2, 0.25) is 19.6 Å². The predicted octanol–water partition coefficient (Wildman–Crippen LogP) is 4.68. The molecule has 0 bridgehead atoms. The van der Waals surface area contributed by atoms with Gasteiger partial charge in [-0.05, 0) is 50.3 Å². The highest BCUT2D eigenvalue weighted by Gasteiger charge is 2.16. The number of benzene rings is 1. The summed E-state index contributed by atoms with van der Waals surface area (Å²) in [6, 6.07) is 6.71. The second kappa shape index (κ2) is 5.49. The average Bonchev–Trinajstić information content (AvgIpc) is 2.14. The summed E-state index contributed by atoms with van der Waals surface area (Å²) in [5.41, 5.74) is 0.975. The van der Waals surface area contributed by atoms with Gasteiger partial charge in [-0.2, -0.15) is 0 Å². The van der Waals surface area contributed by atoms with E-state index in [1.165, 1.54) is 6.07 Å². The Morgan fingerprint density at radius 3 is 2.53 bits per heavy atom. The third-order valence-electron chi connectivity index (χ3n) is 2.33. The highest BCUT2D eigenvalue weighted by Crippen LogP contribution is 2.20. The zero-order valence-corrected chi connectivity index (χ0v) is 12.3. The van der Waals surface area contributed by atoms with E-state index in [1.54, 1.807) is 12.1 Å². The van der Waals surface area contributed by atoms with Crippen molar-refractivity contribution < 1.29 is 8.82 Å². The first kappa shape index (κ1) is 14.0. The maximum atomic E-state index is 13.1. The Balaban J connectivity index is 2.77. The van der Waals surface area contributed by atoms with Gasteiger partial charge in [0.05, 0.1) is 5.76 Å². The molecule has 0 radical (unpaired) electrons. The van der Waals surface area contributed by atoms with Crippen molar-refractivity contribution in [2.24, 2.45) is 0 Å². The molecule has 1 nitrogen and oxygen atoms in total. The van der Waals surface area contributed by atoms with Gasteiger partial charge in [0.25, 0.3) is 0 Å². The first-order valence-corrected chi connectivity index (χ1v) is 9.31. The van der Waals surface area contributed by atoms with Crippen LogP contribution in [0.15, 0.2) is 36.1 Å².